The number of aliphatic hydroxyl groups is 1. The fourth-order valence-electron chi connectivity index (χ4n) is 2.01. The molecule has 0 aliphatic carbocycles. The van der Waals surface area contributed by atoms with Crippen LogP contribution in [0.15, 0.2) is 6.20 Å². The maximum atomic E-state index is 12.1. The van der Waals surface area contributed by atoms with Crippen LogP contribution in [0.25, 0.3) is 0 Å². The van der Waals surface area contributed by atoms with E-state index < -0.39 is 6.10 Å². The number of aliphatic hydroxyl groups excluding tert-OH is 1. The number of β-amino-alcohol motifs (C(OH)–C–C–N with tert-alkyl or cyclic N) is 1. The Hall–Kier alpha value is -1.56. The highest BCUT2D eigenvalue weighted by Crippen LogP contribution is 2.17. The van der Waals surface area contributed by atoms with E-state index in [1.54, 1.807) is 11.9 Å². The highest BCUT2D eigenvalue weighted by molar-refractivity contribution is 5.97. The van der Waals surface area contributed by atoms with Gasteiger partial charge in [0.25, 0.3) is 5.91 Å². The first kappa shape index (κ1) is 10.9. The zero-order valence-corrected chi connectivity index (χ0v) is 9.26. The molecule has 0 radical (unpaired) electrons. The summed E-state index contributed by atoms with van der Waals surface area (Å²) in [5.41, 5.74) is 6.47. The third-order valence-corrected chi connectivity index (χ3v) is 2.85. The van der Waals surface area contributed by atoms with E-state index in [0.717, 1.165) is 12.8 Å². The van der Waals surface area contributed by atoms with Gasteiger partial charge in [-0.05, 0) is 12.8 Å². The molecule has 2 heterocycles. The second kappa shape index (κ2) is 4.13. The number of likely N-dealkylation sites (tertiary alicyclic amines) is 1. The molecule has 1 aromatic rings. The van der Waals surface area contributed by atoms with Gasteiger partial charge in [-0.1, -0.05) is 0 Å². The van der Waals surface area contributed by atoms with Crippen molar-refractivity contribution in [1.29, 1.82) is 0 Å². The number of carbonyl (C=O) groups is 1. The molecule has 1 unspecified atom stereocenters. The van der Waals surface area contributed by atoms with Crippen molar-refractivity contribution in [3.05, 3.63) is 11.9 Å². The van der Waals surface area contributed by atoms with Crippen molar-refractivity contribution in [2.75, 3.05) is 18.8 Å². The molecule has 0 spiro atoms. The van der Waals surface area contributed by atoms with Crippen LogP contribution in [-0.4, -0.2) is 44.9 Å². The first-order chi connectivity index (χ1) is 7.59. The molecule has 6 heteroatoms. The normalized spacial score (nSPS) is 21.1. The summed E-state index contributed by atoms with van der Waals surface area (Å²) in [5, 5.41) is 13.4. The van der Waals surface area contributed by atoms with Crippen molar-refractivity contribution in [2.24, 2.45) is 7.05 Å². The van der Waals surface area contributed by atoms with E-state index in [4.69, 9.17) is 5.73 Å². The predicted octanol–water partition coefficient (Wildman–Crippen LogP) is -0.401. The van der Waals surface area contributed by atoms with Crippen LogP contribution in [0.2, 0.25) is 0 Å². The van der Waals surface area contributed by atoms with Crippen LogP contribution < -0.4 is 5.73 Å². The second-order valence-electron chi connectivity index (χ2n) is 4.12. The van der Waals surface area contributed by atoms with E-state index in [2.05, 4.69) is 5.10 Å². The quantitative estimate of drug-likeness (QED) is 0.679. The van der Waals surface area contributed by atoms with Gasteiger partial charge in [0.2, 0.25) is 0 Å². The zero-order valence-electron chi connectivity index (χ0n) is 9.26. The minimum atomic E-state index is -0.424. The molecule has 1 atom stereocenters. The van der Waals surface area contributed by atoms with E-state index in [9.17, 15) is 9.90 Å². The predicted molar refractivity (Wildman–Crippen MR) is 58.8 cm³/mol. The average molecular weight is 224 g/mol. The number of hydrogen-bond donors (Lipinski definition) is 2. The molecule has 0 bridgehead atoms. The number of rotatable bonds is 1. The number of nitrogen functional groups attached to an aromatic ring is 1. The molecule has 1 saturated heterocycles. The monoisotopic (exact) mass is 224 g/mol. The van der Waals surface area contributed by atoms with Gasteiger partial charge in [-0.25, -0.2) is 0 Å². The topological polar surface area (TPSA) is 84.4 Å². The SMILES string of the molecule is Cn1ncc(N)c1C(=O)N1CCCC(O)C1. The van der Waals surface area contributed by atoms with E-state index in [-0.39, 0.29) is 5.91 Å². The third-order valence-electron chi connectivity index (χ3n) is 2.85. The summed E-state index contributed by atoms with van der Waals surface area (Å²) in [6, 6.07) is 0. The molecule has 3 N–H and O–H groups in total. The number of nitrogens with zero attached hydrogens (tertiary/aromatic N) is 3. The summed E-state index contributed by atoms with van der Waals surface area (Å²) in [6.07, 6.45) is 2.62. The molecular formula is C10H16N4O2. The van der Waals surface area contributed by atoms with Crippen LogP contribution in [0.3, 0.4) is 0 Å². The maximum absolute atomic E-state index is 12.1. The fourth-order valence-corrected chi connectivity index (χ4v) is 2.01. The molecule has 1 aromatic heterocycles. The molecule has 16 heavy (non-hydrogen) atoms. The highest BCUT2D eigenvalue weighted by Gasteiger charge is 2.26. The standard InChI is InChI=1S/C10H16N4O2/c1-13-9(8(11)5-12-13)10(16)14-4-2-3-7(15)6-14/h5,7,15H,2-4,6,11H2,1H3. The fraction of sp³-hybridized carbons (Fsp3) is 0.600. The molecule has 88 valence electrons. The summed E-state index contributed by atoms with van der Waals surface area (Å²) < 4.78 is 1.47. The molecule has 1 aliphatic heterocycles. The van der Waals surface area contributed by atoms with Crippen LogP contribution in [0, 0.1) is 0 Å². The molecule has 1 fully saturated rings. The van der Waals surface area contributed by atoms with Gasteiger partial charge in [-0.2, -0.15) is 5.10 Å². The lowest BCUT2D eigenvalue weighted by Crippen LogP contribution is -2.43. The molecular weight excluding hydrogens is 208 g/mol. The number of carbonyl (C=O) groups excluding carboxylic acids is 1. The van der Waals surface area contributed by atoms with Gasteiger partial charge in [-0.15, -0.1) is 0 Å². The van der Waals surface area contributed by atoms with Gasteiger partial charge in [0, 0.05) is 20.1 Å². The minimum absolute atomic E-state index is 0.156. The number of anilines is 1. The Morgan fingerprint density at radius 2 is 2.44 bits per heavy atom. The lowest BCUT2D eigenvalue weighted by atomic mass is 10.1. The first-order valence-electron chi connectivity index (χ1n) is 5.34. The van der Waals surface area contributed by atoms with Gasteiger partial charge >= 0.3 is 0 Å². The van der Waals surface area contributed by atoms with Gasteiger partial charge in [0.05, 0.1) is 18.0 Å². The Balaban J connectivity index is 2.18. The summed E-state index contributed by atoms with van der Waals surface area (Å²) in [6.45, 7) is 1.05. The summed E-state index contributed by atoms with van der Waals surface area (Å²) >= 11 is 0. The minimum Gasteiger partial charge on any atom is -0.396 e. The Labute approximate surface area is 93.6 Å². The average Bonchev–Trinajstić information content (AvgIpc) is 2.58. The largest absolute Gasteiger partial charge is 0.396 e. The van der Waals surface area contributed by atoms with Crippen molar-refractivity contribution in [1.82, 2.24) is 14.7 Å². The molecule has 0 aromatic carbocycles. The third kappa shape index (κ3) is 1.88. The molecule has 1 amide bonds. The van der Waals surface area contributed by atoms with Crippen LogP contribution in [0.1, 0.15) is 23.3 Å². The van der Waals surface area contributed by atoms with Gasteiger partial charge in [0.1, 0.15) is 5.69 Å². The van der Waals surface area contributed by atoms with Gasteiger partial charge < -0.3 is 15.7 Å². The lowest BCUT2D eigenvalue weighted by Gasteiger charge is -2.30. The summed E-state index contributed by atoms with van der Waals surface area (Å²) in [5.74, 6) is -0.156. The first-order valence-corrected chi connectivity index (χ1v) is 5.34. The van der Waals surface area contributed by atoms with Crippen molar-refractivity contribution < 1.29 is 9.90 Å². The molecule has 2 rings (SSSR count). The Morgan fingerprint density at radius 1 is 1.69 bits per heavy atom. The number of hydrogen-bond acceptors (Lipinski definition) is 4. The van der Waals surface area contributed by atoms with Crippen molar-refractivity contribution in [3.63, 3.8) is 0 Å². The van der Waals surface area contributed by atoms with E-state index in [1.807, 2.05) is 0 Å². The van der Waals surface area contributed by atoms with Gasteiger partial charge in [-0.3, -0.25) is 9.48 Å². The number of aromatic nitrogens is 2. The zero-order chi connectivity index (χ0) is 11.7. The van der Waals surface area contributed by atoms with Crippen LogP contribution >= 0.6 is 0 Å². The number of aryl methyl sites for hydroxylation is 1. The Morgan fingerprint density at radius 3 is 3.00 bits per heavy atom. The number of nitrogens with two attached hydrogens (primary N) is 1. The van der Waals surface area contributed by atoms with Crippen LogP contribution in [0.4, 0.5) is 5.69 Å². The van der Waals surface area contributed by atoms with E-state index in [1.165, 1.54) is 10.9 Å². The maximum Gasteiger partial charge on any atom is 0.274 e. The molecule has 0 saturated carbocycles. The number of amides is 1. The Bertz CT molecular complexity index is 382. The molecule has 1 aliphatic rings. The van der Waals surface area contributed by atoms with Crippen molar-refractivity contribution >= 4 is 11.6 Å². The Kier molecular flexibility index (Phi) is 2.82. The van der Waals surface area contributed by atoms with Crippen molar-refractivity contribution in [2.45, 2.75) is 18.9 Å². The lowest BCUT2D eigenvalue weighted by molar-refractivity contribution is 0.0465. The summed E-state index contributed by atoms with van der Waals surface area (Å²) in [7, 11) is 1.68. The van der Waals surface area contributed by atoms with Crippen LogP contribution in [0.5, 0.6) is 0 Å². The van der Waals surface area contributed by atoms with E-state index >= 15 is 0 Å². The van der Waals surface area contributed by atoms with E-state index in [0.29, 0.717) is 24.5 Å². The number of piperidine rings is 1. The van der Waals surface area contributed by atoms with Gasteiger partial charge in [0.15, 0.2) is 0 Å². The van der Waals surface area contributed by atoms with Crippen LogP contribution in [-0.2, 0) is 7.05 Å². The summed E-state index contributed by atoms with van der Waals surface area (Å²) in [4.78, 5) is 13.7. The highest BCUT2D eigenvalue weighted by atomic mass is 16.3. The second-order valence-corrected chi connectivity index (χ2v) is 4.12. The molecule has 6 nitrogen and oxygen atoms in total. The smallest absolute Gasteiger partial charge is 0.274 e. The van der Waals surface area contributed by atoms with Crippen molar-refractivity contribution in [3.8, 4) is 0 Å².